The second-order valence-electron chi connectivity index (χ2n) is 10.5. The molecule has 4 atom stereocenters. The van der Waals surface area contributed by atoms with Gasteiger partial charge in [-0.25, -0.2) is 4.79 Å². The van der Waals surface area contributed by atoms with E-state index < -0.39 is 35.4 Å². The van der Waals surface area contributed by atoms with Crippen molar-refractivity contribution in [1.29, 1.82) is 0 Å². The van der Waals surface area contributed by atoms with Gasteiger partial charge < -0.3 is 23.6 Å². The Bertz CT molecular complexity index is 700. The summed E-state index contributed by atoms with van der Waals surface area (Å²) in [4.78, 5) is 19.6. The Balaban J connectivity index is 3.18. The standard InChI is InChI=1S/C24H53N4O6P3/c1-10-31-35(7)19-26-13-14-27(21-37(9,30)33-12-3)18-22(17-25-23(29)34-24(4,5)6)28(16-15-26)20-36(8)32-11-2/h22H,10-21H2,1-9H3,(H,25,29). The Labute approximate surface area is 228 Å². The molecule has 0 aliphatic carbocycles. The number of carbonyl (C=O) groups excluding carboxylic acids is 1. The first-order valence-corrected chi connectivity index (χ1v) is 19.4. The van der Waals surface area contributed by atoms with Crippen molar-refractivity contribution in [3.8, 4) is 0 Å². The quantitative estimate of drug-likeness (QED) is 0.290. The largest absolute Gasteiger partial charge is 0.444 e. The van der Waals surface area contributed by atoms with Crippen molar-refractivity contribution in [3.63, 3.8) is 0 Å². The zero-order valence-corrected chi connectivity index (χ0v) is 27.4. The van der Waals surface area contributed by atoms with Gasteiger partial charge in [0.2, 0.25) is 7.37 Å². The number of rotatable bonds is 14. The Morgan fingerprint density at radius 1 is 0.946 bits per heavy atom. The van der Waals surface area contributed by atoms with Crippen molar-refractivity contribution in [2.45, 2.75) is 53.2 Å². The number of alkyl carbamates (subject to hydrolysis) is 1. The molecule has 220 valence electrons. The normalized spacial score (nSPS) is 22.4. The molecule has 13 heteroatoms. The van der Waals surface area contributed by atoms with Gasteiger partial charge in [-0.2, -0.15) is 0 Å². The molecule has 1 N–H and O–H groups in total. The summed E-state index contributed by atoms with van der Waals surface area (Å²) in [6.45, 7) is 23.8. The predicted molar refractivity (Wildman–Crippen MR) is 157 cm³/mol. The second-order valence-corrected chi connectivity index (χ2v) is 16.7. The summed E-state index contributed by atoms with van der Waals surface area (Å²) in [5, 5.41) is 2.99. The second kappa shape index (κ2) is 17.7. The van der Waals surface area contributed by atoms with Crippen molar-refractivity contribution in [1.82, 2.24) is 20.0 Å². The summed E-state index contributed by atoms with van der Waals surface area (Å²) in [6.07, 6.45) is 1.65. The fourth-order valence-electron chi connectivity index (χ4n) is 4.25. The smallest absolute Gasteiger partial charge is 0.407 e. The van der Waals surface area contributed by atoms with Gasteiger partial charge in [-0.3, -0.25) is 19.3 Å². The highest BCUT2D eigenvalue weighted by Gasteiger charge is 2.30. The van der Waals surface area contributed by atoms with Crippen LogP contribution in [-0.4, -0.2) is 130 Å². The molecule has 0 aromatic rings. The summed E-state index contributed by atoms with van der Waals surface area (Å²) < 4.78 is 36.1. The molecule has 0 spiro atoms. The fourth-order valence-corrected chi connectivity index (χ4v) is 8.64. The minimum Gasteiger partial charge on any atom is -0.444 e. The van der Waals surface area contributed by atoms with Gasteiger partial charge in [0.25, 0.3) is 0 Å². The average Bonchev–Trinajstić information content (AvgIpc) is 2.82. The SMILES string of the molecule is CCOP(C)CN1CCN(CP(C)(=O)OCC)CC(CNC(=O)OC(C)(C)C)N(CP(C)OCC)CC1. The lowest BCUT2D eigenvalue weighted by molar-refractivity contribution is 0.0503. The predicted octanol–water partition coefficient (Wildman–Crippen LogP) is 4.74. The lowest BCUT2D eigenvalue weighted by atomic mass is 10.2. The van der Waals surface area contributed by atoms with Gasteiger partial charge in [0.05, 0.1) is 12.9 Å². The van der Waals surface area contributed by atoms with E-state index in [2.05, 4.69) is 33.3 Å². The molecule has 1 aliphatic heterocycles. The van der Waals surface area contributed by atoms with Gasteiger partial charge in [-0.1, -0.05) is 0 Å². The maximum absolute atomic E-state index is 13.2. The van der Waals surface area contributed by atoms with Gasteiger partial charge in [-0.15, -0.1) is 0 Å². The Hall–Kier alpha value is 0.120. The van der Waals surface area contributed by atoms with Crippen LogP contribution in [0, 0.1) is 0 Å². The highest BCUT2D eigenvalue weighted by atomic mass is 31.2. The molecule has 37 heavy (non-hydrogen) atoms. The van der Waals surface area contributed by atoms with E-state index in [-0.39, 0.29) is 6.04 Å². The monoisotopic (exact) mass is 586 g/mol. The number of carbonyl (C=O) groups is 1. The number of nitrogens with zero attached hydrogens (tertiary/aromatic N) is 3. The third kappa shape index (κ3) is 16.1. The van der Waals surface area contributed by atoms with Crippen LogP contribution in [-0.2, 0) is 22.9 Å². The lowest BCUT2D eigenvalue weighted by Crippen LogP contribution is -2.51. The maximum Gasteiger partial charge on any atom is 0.407 e. The molecule has 0 radical (unpaired) electrons. The van der Waals surface area contributed by atoms with Crippen LogP contribution in [0.3, 0.4) is 0 Å². The summed E-state index contributed by atoms with van der Waals surface area (Å²) in [5.74, 6) is 0. The van der Waals surface area contributed by atoms with Crippen LogP contribution in [0.4, 0.5) is 4.79 Å². The van der Waals surface area contributed by atoms with E-state index in [1.54, 1.807) is 6.66 Å². The van der Waals surface area contributed by atoms with Crippen LogP contribution in [0.15, 0.2) is 0 Å². The maximum atomic E-state index is 13.2. The first-order valence-electron chi connectivity index (χ1n) is 13.3. The van der Waals surface area contributed by atoms with Crippen molar-refractivity contribution < 1.29 is 27.7 Å². The molecule has 4 unspecified atom stereocenters. The summed E-state index contributed by atoms with van der Waals surface area (Å²) in [6, 6.07) is 0.00882. The van der Waals surface area contributed by atoms with E-state index >= 15 is 0 Å². The molecular formula is C24H53N4O6P3. The molecule has 1 fully saturated rings. The van der Waals surface area contributed by atoms with Crippen LogP contribution in [0.1, 0.15) is 41.5 Å². The van der Waals surface area contributed by atoms with Crippen molar-refractivity contribution >= 4 is 29.8 Å². The highest BCUT2D eigenvalue weighted by molar-refractivity contribution is 7.58. The van der Waals surface area contributed by atoms with Gasteiger partial charge >= 0.3 is 6.09 Å². The van der Waals surface area contributed by atoms with Gasteiger partial charge in [0, 0.05) is 94.1 Å². The summed E-state index contributed by atoms with van der Waals surface area (Å²) >= 11 is 0. The third-order valence-corrected chi connectivity index (χ3v) is 10.3. The van der Waals surface area contributed by atoms with Crippen LogP contribution < -0.4 is 5.32 Å². The van der Waals surface area contributed by atoms with Crippen LogP contribution >= 0.6 is 23.7 Å². The Kier molecular flexibility index (Phi) is 16.8. The Morgan fingerprint density at radius 3 is 2.08 bits per heavy atom. The molecule has 1 heterocycles. The van der Waals surface area contributed by atoms with E-state index in [0.29, 0.717) is 39.2 Å². The number of hydrogen-bond donors (Lipinski definition) is 1. The number of amides is 1. The molecule has 1 saturated heterocycles. The lowest BCUT2D eigenvalue weighted by Gasteiger charge is -2.36. The molecule has 1 aliphatic rings. The van der Waals surface area contributed by atoms with Gasteiger partial charge in [0.15, 0.2) is 0 Å². The molecule has 0 aromatic carbocycles. The zero-order valence-electron chi connectivity index (χ0n) is 24.7. The highest BCUT2D eigenvalue weighted by Crippen LogP contribution is 2.43. The van der Waals surface area contributed by atoms with Gasteiger partial charge in [0.1, 0.15) is 5.60 Å². The minimum atomic E-state index is -2.78. The Morgan fingerprint density at radius 2 is 1.51 bits per heavy atom. The zero-order chi connectivity index (χ0) is 28.1. The van der Waals surface area contributed by atoms with Gasteiger partial charge in [-0.05, 0) is 54.9 Å². The average molecular weight is 587 g/mol. The molecule has 10 nitrogen and oxygen atoms in total. The molecule has 0 saturated carbocycles. The molecule has 1 amide bonds. The first kappa shape index (κ1) is 35.1. The molecule has 1 rings (SSSR count). The molecule has 0 bridgehead atoms. The topological polar surface area (TPSA) is 92.8 Å². The number of hydrogen-bond acceptors (Lipinski definition) is 9. The number of nitrogens with one attached hydrogen (secondary N) is 1. The summed E-state index contributed by atoms with van der Waals surface area (Å²) in [7, 11) is -3.97. The third-order valence-electron chi connectivity index (χ3n) is 5.64. The van der Waals surface area contributed by atoms with E-state index in [1.165, 1.54) is 0 Å². The molecular weight excluding hydrogens is 533 g/mol. The van der Waals surface area contributed by atoms with Crippen LogP contribution in [0.25, 0.3) is 0 Å². The van der Waals surface area contributed by atoms with Crippen molar-refractivity contribution in [3.05, 3.63) is 0 Å². The van der Waals surface area contributed by atoms with E-state index in [9.17, 15) is 9.36 Å². The molecule has 0 aromatic heterocycles. The van der Waals surface area contributed by atoms with E-state index in [1.807, 2.05) is 41.5 Å². The van der Waals surface area contributed by atoms with E-state index in [0.717, 1.165) is 38.8 Å². The number of ether oxygens (including phenoxy) is 1. The van der Waals surface area contributed by atoms with Crippen LogP contribution in [0.2, 0.25) is 0 Å². The fraction of sp³-hybridized carbons (Fsp3) is 0.958. The van der Waals surface area contributed by atoms with Crippen molar-refractivity contribution in [2.75, 3.05) is 97.9 Å². The van der Waals surface area contributed by atoms with Crippen LogP contribution in [0.5, 0.6) is 0 Å². The summed E-state index contributed by atoms with van der Waals surface area (Å²) in [5.41, 5.74) is -0.563. The minimum absolute atomic E-state index is 0.00882. The van der Waals surface area contributed by atoms with E-state index in [4.69, 9.17) is 18.3 Å². The van der Waals surface area contributed by atoms with Crippen molar-refractivity contribution in [2.24, 2.45) is 0 Å². The first-order chi connectivity index (χ1) is 17.3.